The van der Waals surface area contributed by atoms with Crippen molar-refractivity contribution >= 4 is 11.8 Å². The van der Waals surface area contributed by atoms with Crippen LogP contribution in [0.2, 0.25) is 0 Å². The third-order valence-electron chi connectivity index (χ3n) is 2.56. The molecule has 1 aliphatic heterocycles. The smallest absolute Gasteiger partial charge is 0.343 e. The molecule has 0 bridgehead atoms. The molecular formula is C12H13NO4. The highest BCUT2D eigenvalue weighted by Crippen LogP contribution is 2.30. The van der Waals surface area contributed by atoms with Crippen molar-refractivity contribution in [3.8, 4) is 0 Å². The quantitative estimate of drug-likeness (QED) is 0.578. The van der Waals surface area contributed by atoms with Crippen LogP contribution in [0.5, 0.6) is 0 Å². The van der Waals surface area contributed by atoms with Gasteiger partial charge in [0.05, 0.1) is 12.7 Å². The molecule has 2 unspecified atom stereocenters. The van der Waals surface area contributed by atoms with Crippen LogP contribution in [0.3, 0.4) is 0 Å². The number of carbonyl (C=O) groups excluding carboxylic acids is 2. The standard InChI is InChI=1S/C12H13NO4/c1-2-16-12(15)11-9(14)7-10(17-11)8-3-5-13-6-4-8/h3-6,10-11H,2,7H2,1H3. The van der Waals surface area contributed by atoms with Gasteiger partial charge >= 0.3 is 5.97 Å². The summed E-state index contributed by atoms with van der Waals surface area (Å²) in [7, 11) is 0. The number of pyridine rings is 1. The van der Waals surface area contributed by atoms with Gasteiger partial charge in [-0.05, 0) is 24.6 Å². The molecule has 0 amide bonds. The van der Waals surface area contributed by atoms with E-state index in [0.717, 1.165) is 5.56 Å². The van der Waals surface area contributed by atoms with Crippen LogP contribution >= 0.6 is 0 Å². The second-order valence-corrected chi connectivity index (χ2v) is 3.71. The Hall–Kier alpha value is -1.75. The number of esters is 1. The van der Waals surface area contributed by atoms with Crippen LogP contribution in [0, 0.1) is 0 Å². The van der Waals surface area contributed by atoms with E-state index >= 15 is 0 Å². The fourth-order valence-corrected chi connectivity index (χ4v) is 1.76. The molecule has 0 aromatic carbocycles. The van der Waals surface area contributed by atoms with Gasteiger partial charge in [0.2, 0.25) is 6.10 Å². The first-order valence-electron chi connectivity index (χ1n) is 5.47. The van der Waals surface area contributed by atoms with Gasteiger partial charge in [0, 0.05) is 18.8 Å². The van der Waals surface area contributed by atoms with E-state index in [9.17, 15) is 9.59 Å². The van der Waals surface area contributed by atoms with Crippen LogP contribution in [0.1, 0.15) is 25.0 Å². The molecule has 2 atom stereocenters. The summed E-state index contributed by atoms with van der Waals surface area (Å²) >= 11 is 0. The lowest BCUT2D eigenvalue weighted by molar-refractivity contribution is -0.158. The molecule has 90 valence electrons. The van der Waals surface area contributed by atoms with E-state index in [1.807, 2.05) is 0 Å². The number of ketones is 1. The van der Waals surface area contributed by atoms with E-state index in [4.69, 9.17) is 9.47 Å². The molecular weight excluding hydrogens is 222 g/mol. The molecule has 0 spiro atoms. The molecule has 1 saturated heterocycles. The summed E-state index contributed by atoms with van der Waals surface area (Å²) in [6, 6.07) is 3.54. The van der Waals surface area contributed by atoms with Gasteiger partial charge in [0.15, 0.2) is 5.78 Å². The maximum atomic E-state index is 11.6. The van der Waals surface area contributed by atoms with E-state index in [0.29, 0.717) is 0 Å². The molecule has 0 aliphatic carbocycles. The van der Waals surface area contributed by atoms with Gasteiger partial charge in [0.1, 0.15) is 0 Å². The fourth-order valence-electron chi connectivity index (χ4n) is 1.76. The minimum Gasteiger partial charge on any atom is -0.464 e. The van der Waals surface area contributed by atoms with Crippen molar-refractivity contribution in [2.45, 2.75) is 25.6 Å². The van der Waals surface area contributed by atoms with Crippen LogP contribution in [0.15, 0.2) is 24.5 Å². The third-order valence-corrected chi connectivity index (χ3v) is 2.56. The van der Waals surface area contributed by atoms with E-state index in [-0.39, 0.29) is 24.9 Å². The molecule has 2 rings (SSSR count). The van der Waals surface area contributed by atoms with Crippen LogP contribution < -0.4 is 0 Å². The monoisotopic (exact) mass is 235 g/mol. The maximum Gasteiger partial charge on any atom is 0.343 e. The van der Waals surface area contributed by atoms with Gasteiger partial charge in [-0.15, -0.1) is 0 Å². The second-order valence-electron chi connectivity index (χ2n) is 3.71. The van der Waals surface area contributed by atoms with E-state index < -0.39 is 12.1 Å². The molecule has 1 fully saturated rings. The average molecular weight is 235 g/mol. The molecule has 5 nitrogen and oxygen atoms in total. The Labute approximate surface area is 98.7 Å². The molecule has 0 N–H and O–H groups in total. The van der Waals surface area contributed by atoms with Crippen molar-refractivity contribution in [2.24, 2.45) is 0 Å². The Balaban J connectivity index is 2.07. The first-order valence-corrected chi connectivity index (χ1v) is 5.47. The lowest BCUT2D eigenvalue weighted by atomic mass is 10.1. The molecule has 2 heterocycles. The number of ether oxygens (including phenoxy) is 2. The van der Waals surface area contributed by atoms with Gasteiger partial charge in [-0.1, -0.05) is 0 Å². The lowest BCUT2D eigenvalue weighted by Gasteiger charge is -2.11. The third kappa shape index (κ3) is 2.50. The van der Waals surface area contributed by atoms with Crippen molar-refractivity contribution in [2.75, 3.05) is 6.61 Å². The summed E-state index contributed by atoms with van der Waals surface area (Å²) in [6.07, 6.45) is 2.00. The van der Waals surface area contributed by atoms with Crippen molar-refractivity contribution in [3.63, 3.8) is 0 Å². The zero-order chi connectivity index (χ0) is 12.3. The lowest BCUT2D eigenvalue weighted by Crippen LogP contribution is -2.28. The Morgan fingerprint density at radius 1 is 1.53 bits per heavy atom. The van der Waals surface area contributed by atoms with E-state index in [1.54, 1.807) is 31.5 Å². The van der Waals surface area contributed by atoms with Gasteiger partial charge in [0.25, 0.3) is 0 Å². The predicted molar refractivity (Wildman–Crippen MR) is 58.1 cm³/mol. The average Bonchev–Trinajstić information content (AvgIpc) is 2.73. The number of aromatic nitrogens is 1. The van der Waals surface area contributed by atoms with Crippen molar-refractivity contribution in [1.29, 1.82) is 0 Å². The van der Waals surface area contributed by atoms with E-state index in [2.05, 4.69) is 4.98 Å². The van der Waals surface area contributed by atoms with Crippen molar-refractivity contribution < 1.29 is 19.1 Å². The molecule has 0 saturated carbocycles. The SMILES string of the molecule is CCOC(=O)C1OC(c2ccncc2)CC1=O. The number of hydrogen-bond donors (Lipinski definition) is 0. The molecule has 17 heavy (non-hydrogen) atoms. The summed E-state index contributed by atoms with van der Waals surface area (Å²) in [5, 5.41) is 0. The highest BCUT2D eigenvalue weighted by atomic mass is 16.6. The Morgan fingerprint density at radius 2 is 2.24 bits per heavy atom. The van der Waals surface area contributed by atoms with Gasteiger partial charge in [-0.25, -0.2) is 4.79 Å². The number of Topliss-reactive ketones (excluding diaryl/α,β-unsaturated/α-hetero) is 1. The second kappa shape index (κ2) is 5.05. The van der Waals surface area contributed by atoms with Gasteiger partial charge in [-0.3, -0.25) is 9.78 Å². The maximum absolute atomic E-state index is 11.6. The number of hydrogen-bond acceptors (Lipinski definition) is 5. The van der Waals surface area contributed by atoms with Gasteiger partial charge < -0.3 is 9.47 Å². The first kappa shape index (κ1) is 11.7. The molecule has 1 aromatic heterocycles. The largest absolute Gasteiger partial charge is 0.464 e. The molecule has 1 aromatic rings. The highest BCUT2D eigenvalue weighted by molar-refractivity contribution is 6.03. The minimum atomic E-state index is -1.08. The highest BCUT2D eigenvalue weighted by Gasteiger charge is 2.40. The summed E-state index contributed by atoms with van der Waals surface area (Å²) in [4.78, 5) is 27.0. The van der Waals surface area contributed by atoms with Gasteiger partial charge in [-0.2, -0.15) is 0 Å². The van der Waals surface area contributed by atoms with Crippen LogP contribution in [-0.2, 0) is 19.1 Å². The summed E-state index contributed by atoms with van der Waals surface area (Å²) in [6.45, 7) is 1.93. The van der Waals surface area contributed by atoms with Crippen LogP contribution in [-0.4, -0.2) is 29.4 Å². The zero-order valence-electron chi connectivity index (χ0n) is 9.46. The number of carbonyl (C=O) groups is 2. The zero-order valence-corrected chi connectivity index (χ0v) is 9.46. The van der Waals surface area contributed by atoms with E-state index in [1.165, 1.54) is 0 Å². The Morgan fingerprint density at radius 3 is 2.88 bits per heavy atom. The normalized spacial score (nSPS) is 23.7. The number of nitrogens with zero attached hydrogens (tertiary/aromatic N) is 1. The summed E-state index contributed by atoms with van der Waals surface area (Å²) in [5.41, 5.74) is 0.847. The predicted octanol–water partition coefficient (Wildman–Crippen LogP) is 1.04. The molecule has 5 heteroatoms. The fraction of sp³-hybridized carbons (Fsp3) is 0.417. The summed E-state index contributed by atoms with van der Waals surface area (Å²) < 4.78 is 10.2. The first-order chi connectivity index (χ1) is 8.22. The molecule has 1 aliphatic rings. The Bertz CT molecular complexity index is 418. The minimum absolute atomic E-state index is 0.202. The summed E-state index contributed by atoms with van der Waals surface area (Å²) in [5.74, 6) is -0.834. The number of rotatable bonds is 3. The van der Waals surface area contributed by atoms with Crippen molar-refractivity contribution in [3.05, 3.63) is 30.1 Å². The topological polar surface area (TPSA) is 65.5 Å². The Kier molecular flexibility index (Phi) is 3.49. The van der Waals surface area contributed by atoms with Crippen molar-refractivity contribution in [1.82, 2.24) is 4.98 Å². The van der Waals surface area contributed by atoms with Crippen LogP contribution in [0.25, 0.3) is 0 Å². The molecule has 0 radical (unpaired) electrons. The van der Waals surface area contributed by atoms with Crippen LogP contribution in [0.4, 0.5) is 0 Å².